The van der Waals surface area contributed by atoms with Crippen LogP contribution in [0.25, 0.3) is 0 Å². The Kier molecular flexibility index (Phi) is 7.20. The molecular formula is C12H27NO. The van der Waals surface area contributed by atoms with Crippen LogP contribution in [0.1, 0.15) is 53.9 Å². The lowest BCUT2D eigenvalue weighted by atomic mass is 10.1. The average molecular weight is 201 g/mol. The molecule has 0 aliphatic rings. The van der Waals surface area contributed by atoms with Crippen molar-refractivity contribution in [2.24, 2.45) is 0 Å². The van der Waals surface area contributed by atoms with Gasteiger partial charge < -0.3 is 10.1 Å². The number of hydrogen-bond acceptors (Lipinski definition) is 2. The minimum Gasteiger partial charge on any atom is -0.373 e. The van der Waals surface area contributed by atoms with Crippen LogP contribution in [0.5, 0.6) is 0 Å². The van der Waals surface area contributed by atoms with E-state index in [0.717, 1.165) is 19.5 Å². The largest absolute Gasteiger partial charge is 0.373 e. The Morgan fingerprint density at radius 2 is 1.86 bits per heavy atom. The lowest BCUT2D eigenvalue weighted by molar-refractivity contribution is -0.0546. The van der Waals surface area contributed by atoms with Gasteiger partial charge in [-0.25, -0.2) is 0 Å². The summed E-state index contributed by atoms with van der Waals surface area (Å²) in [7, 11) is 0. The molecule has 0 aromatic heterocycles. The van der Waals surface area contributed by atoms with Crippen LogP contribution < -0.4 is 5.32 Å². The van der Waals surface area contributed by atoms with Crippen molar-refractivity contribution in [2.45, 2.75) is 65.6 Å². The van der Waals surface area contributed by atoms with E-state index in [9.17, 15) is 0 Å². The van der Waals surface area contributed by atoms with Gasteiger partial charge >= 0.3 is 0 Å². The zero-order valence-corrected chi connectivity index (χ0v) is 10.5. The van der Waals surface area contributed by atoms with E-state index in [2.05, 4.69) is 39.9 Å². The molecule has 2 heteroatoms. The van der Waals surface area contributed by atoms with E-state index in [0.29, 0.717) is 6.10 Å². The number of nitrogens with one attached hydrogen (secondary N) is 1. The first-order chi connectivity index (χ1) is 6.45. The van der Waals surface area contributed by atoms with Crippen LogP contribution in [0.2, 0.25) is 0 Å². The highest BCUT2D eigenvalue weighted by molar-refractivity contribution is 4.63. The monoisotopic (exact) mass is 201 g/mol. The molecule has 1 unspecified atom stereocenters. The fourth-order valence-electron chi connectivity index (χ4n) is 1.48. The van der Waals surface area contributed by atoms with E-state index in [1.54, 1.807) is 0 Å². The predicted molar refractivity (Wildman–Crippen MR) is 62.7 cm³/mol. The molecule has 0 radical (unpaired) electrons. The molecule has 0 spiro atoms. The predicted octanol–water partition coefficient (Wildman–Crippen LogP) is 2.97. The van der Waals surface area contributed by atoms with Crippen molar-refractivity contribution in [1.29, 1.82) is 0 Å². The van der Waals surface area contributed by atoms with Crippen molar-refractivity contribution in [3.05, 3.63) is 0 Å². The summed E-state index contributed by atoms with van der Waals surface area (Å²) in [6, 6.07) is 0. The summed E-state index contributed by atoms with van der Waals surface area (Å²) in [6.07, 6.45) is 3.94. The van der Waals surface area contributed by atoms with Gasteiger partial charge in [0.1, 0.15) is 0 Å². The quantitative estimate of drug-likeness (QED) is 0.639. The molecule has 0 aliphatic heterocycles. The van der Waals surface area contributed by atoms with Gasteiger partial charge in [-0.05, 0) is 60.0 Å². The molecular weight excluding hydrogens is 174 g/mol. The van der Waals surface area contributed by atoms with Gasteiger partial charge in [0.15, 0.2) is 0 Å². The van der Waals surface area contributed by atoms with Crippen molar-refractivity contribution < 1.29 is 4.74 Å². The second kappa shape index (κ2) is 7.24. The fourth-order valence-corrected chi connectivity index (χ4v) is 1.48. The summed E-state index contributed by atoms with van der Waals surface area (Å²) in [6.45, 7) is 12.9. The molecule has 86 valence electrons. The van der Waals surface area contributed by atoms with E-state index in [1.165, 1.54) is 12.8 Å². The minimum absolute atomic E-state index is 0.00371. The summed E-state index contributed by atoms with van der Waals surface area (Å²) in [5.41, 5.74) is -0.00371. The molecule has 0 rings (SSSR count). The Bertz CT molecular complexity index is 129. The maximum Gasteiger partial charge on any atom is 0.0602 e. The highest BCUT2D eigenvalue weighted by Crippen LogP contribution is 2.13. The second-order valence-corrected chi connectivity index (χ2v) is 4.93. The Morgan fingerprint density at radius 1 is 1.21 bits per heavy atom. The van der Waals surface area contributed by atoms with E-state index in [-0.39, 0.29) is 5.60 Å². The molecule has 0 saturated heterocycles. The van der Waals surface area contributed by atoms with Crippen molar-refractivity contribution >= 4 is 0 Å². The second-order valence-electron chi connectivity index (χ2n) is 4.93. The minimum atomic E-state index is -0.00371. The molecule has 0 amide bonds. The standard InChI is InChI=1S/C12H27NO/c1-6-9-13-10-7-8-11(2)14-12(3,4)5/h11,13H,6-10H2,1-5H3. The Balaban J connectivity index is 3.31. The van der Waals surface area contributed by atoms with Gasteiger partial charge in [-0.3, -0.25) is 0 Å². The topological polar surface area (TPSA) is 21.3 Å². The first-order valence-electron chi connectivity index (χ1n) is 5.84. The third-order valence-electron chi connectivity index (χ3n) is 1.95. The molecule has 2 nitrogen and oxygen atoms in total. The van der Waals surface area contributed by atoms with Crippen LogP contribution in [0, 0.1) is 0 Å². The highest BCUT2D eigenvalue weighted by atomic mass is 16.5. The highest BCUT2D eigenvalue weighted by Gasteiger charge is 2.14. The van der Waals surface area contributed by atoms with Crippen LogP contribution in [0.15, 0.2) is 0 Å². The Hall–Kier alpha value is -0.0800. The normalized spacial score (nSPS) is 14.4. The molecule has 0 aromatic carbocycles. The van der Waals surface area contributed by atoms with E-state index < -0.39 is 0 Å². The molecule has 1 N–H and O–H groups in total. The zero-order chi connectivity index (χ0) is 11.0. The number of ether oxygens (including phenoxy) is 1. The lowest BCUT2D eigenvalue weighted by Crippen LogP contribution is -2.26. The lowest BCUT2D eigenvalue weighted by Gasteiger charge is -2.25. The van der Waals surface area contributed by atoms with Crippen LogP contribution in [-0.2, 0) is 4.74 Å². The molecule has 0 saturated carbocycles. The van der Waals surface area contributed by atoms with Crippen LogP contribution in [0.3, 0.4) is 0 Å². The first-order valence-corrected chi connectivity index (χ1v) is 5.84. The maximum absolute atomic E-state index is 5.82. The van der Waals surface area contributed by atoms with Gasteiger partial charge in [0, 0.05) is 0 Å². The summed E-state index contributed by atoms with van der Waals surface area (Å²) < 4.78 is 5.82. The number of hydrogen-bond donors (Lipinski definition) is 1. The van der Waals surface area contributed by atoms with Gasteiger partial charge in [-0.1, -0.05) is 6.92 Å². The number of rotatable bonds is 7. The van der Waals surface area contributed by atoms with E-state index in [4.69, 9.17) is 4.74 Å². The Morgan fingerprint density at radius 3 is 2.36 bits per heavy atom. The molecule has 0 fully saturated rings. The van der Waals surface area contributed by atoms with Crippen molar-refractivity contribution in [2.75, 3.05) is 13.1 Å². The SMILES string of the molecule is CCCNCCCC(C)OC(C)(C)C. The summed E-state index contributed by atoms with van der Waals surface area (Å²) in [5, 5.41) is 3.40. The van der Waals surface area contributed by atoms with Crippen LogP contribution in [0.4, 0.5) is 0 Å². The molecule has 14 heavy (non-hydrogen) atoms. The van der Waals surface area contributed by atoms with Crippen LogP contribution in [-0.4, -0.2) is 24.8 Å². The molecule has 1 atom stereocenters. The molecule has 0 aliphatic carbocycles. The van der Waals surface area contributed by atoms with Gasteiger partial charge in [-0.15, -0.1) is 0 Å². The van der Waals surface area contributed by atoms with E-state index >= 15 is 0 Å². The Labute approximate surface area is 89.4 Å². The van der Waals surface area contributed by atoms with Gasteiger partial charge in [0.2, 0.25) is 0 Å². The van der Waals surface area contributed by atoms with Gasteiger partial charge in [0.25, 0.3) is 0 Å². The zero-order valence-electron chi connectivity index (χ0n) is 10.5. The summed E-state index contributed by atoms with van der Waals surface area (Å²) in [5.74, 6) is 0. The third-order valence-corrected chi connectivity index (χ3v) is 1.95. The third kappa shape index (κ3) is 10.0. The van der Waals surface area contributed by atoms with Crippen molar-refractivity contribution in [3.63, 3.8) is 0 Å². The first kappa shape index (κ1) is 13.9. The van der Waals surface area contributed by atoms with Gasteiger partial charge in [0.05, 0.1) is 11.7 Å². The van der Waals surface area contributed by atoms with E-state index in [1.807, 2.05) is 0 Å². The molecule has 0 heterocycles. The molecule has 0 aromatic rings. The van der Waals surface area contributed by atoms with Crippen molar-refractivity contribution in [1.82, 2.24) is 5.32 Å². The fraction of sp³-hybridized carbons (Fsp3) is 1.00. The van der Waals surface area contributed by atoms with Gasteiger partial charge in [-0.2, -0.15) is 0 Å². The van der Waals surface area contributed by atoms with Crippen molar-refractivity contribution in [3.8, 4) is 0 Å². The van der Waals surface area contributed by atoms with Crippen LogP contribution >= 0.6 is 0 Å². The molecule has 0 bridgehead atoms. The summed E-state index contributed by atoms with van der Waals surface area (Å²) in [4.78, 5) is 0. The average Bonchev–Trinajstić information content (AvgIpc) is 2.00. The maximum atomic E-state index is 5.82. The smallest absolute Gasteiger partial charge is 0.0602 e. The summed E-state index contributed by atoms with van der Waals surface area (Å²) >= 11 is 0.